The Labute approximate surface area is 159 Å². The Balaban J connectivity index is 1.75. The van der Waals surface area contributed by atoms with Gasteiger partial charge in [-0.15, -0.1) is 0 Å². The van der Waals surface area contributed by atoms with E-state index in [2.05, 4.69) is 6.92 Å². The SMILES string of the molecule is CCCOc1ccccc1/C=C/C(=O)Oc1ccccc1-c1ccccc1. The summed E-state index contributed by atoms with van der Waals surface area (Å²) in [5, 5.41) is 0. The van der Waals surface area contributed by atoms with Crippen LogP contribution in [-0.2, 0) is 4.79 Å². The van der Waals surface area contributed by atoms with Crippen LogP contribution >= 0.6 is 0 Å². The molecule has 0 unspecified atom stereocenters. The minimum atomic E-state index is -0.427. The molecule has 0 saturated carbocycles. The van der Waals surface area contributed by atoms with E-state index < -0.39 is 5.97 Å². The largest absolute Gasteiger partial charge is 0.493 e. The third-order valence-electron chi connectivity index (χ3n) is 3.96. The molecule has 3 aromatic rings. The second kappa shape index (κ2) is 9.39. The van der Waals surface area contributed by atoms with E-state index in [1.807, 2.05) is 72.8 Å². The van der Waals surface area contributed by atoms with Crippen molar-refractivity contribution in [3.63, 3.8) is 0 Å². The standard InChI is InChI=1S/C24H22O3/c1-2-18-26-22-14-8-6-12-20(22)16-17-24(25)27-23-15-9-7-13-21(23)19-10-4-3-5-11-19/h3-17H,2,18H2,1H3/b17-16+. The Kier molecular flexibility index (Phi) is 6.42. The molecule has 0 atom stereocenters. The van der Waals surface area contributed by atoms with Crippen molar-refractivity contribution in [3.05, 3.63) is 90.5 Å². The van der Waals surface area contributed by atoms with E-state index in [-0.39, 0.29) is 0 Å². The molecule has 0 spiro atoms. The minimum absolute atomic E-state index is 0.427. The first-order valence-corrected chi connectivity index (χ1v) is 9.04. The van der Waals surface area contributed by atoms with Crippen molar-refractivity contribution in [2.75, 3.05) is 6.61 Å². The highest BCUT2D eigenvalue weighted by Gasteiger charge is 2.09. The van der Waals surface area contributed by atoms with Crippen LogP contribution in [0.25, 0.3) is 17.2 Å². The molecule has 0 amide bonds. The van der Waals surface area contributed by atoms with Gasteiger partial charge in [-0.2, -0.15) is 0 Å². The zero-order valence-electron chi connectivity index (χ0n) is 15.3. The molecule has 136 valence electrons. The van der Waals surface area contributed by atoms with Crippen LogP contribution < -0.4 is 9.47 Å². The Morgan fingerprint density at radius 2 is 1.52 bits per heavy atom. The molecule has 3 nitrogen and oxygen atoms in total. The zero-order valence-corrected chi connectivity index (χ0v) is 15.3. The summed E-state index contributed by atoms with van der Waals surface area (Å²) in [4.78, 5) is 12.3. The van der Waals surface area contributed by atoms with Gasteiger partial charge in [0.25, 0.3) is 0 Å². The lowest BCUT2D eigenvalue weighted by Gasteiger charge is -2.09. The number of rotatable bonds is 7. The van der Waals surface area contributed by atoms with Gasteiger partial charge in [-0.3, -0.25) is 0 Å². The van der Waals surface area contributed by atoms with Gasteiger partial charge >= 0.3 is 5.97 Å². The summed E-state index contributed by atoms with van der Waals surface area (Å²) in [6.45, 7) is 2.69. The number of hydrogen-bond acceptors (Lipinski definition) is 3. The fraction of sp³-hybridized carbons (Fsp3) is 0.125. The zero-order chi connectivity index (χ0) is 18.9. The molecule has 0 aliphatic rings. The molecule has 0 fully saturated rings. The molecule has 0 aliphatic carbocycles. The molecule has 27 heavy (non-hydrogen) atoms. The number of benzene rings is 3. The Hall–Kier alpha value is -3.33. The molecule has 3 rings (SSSR count). The normalized spacial score (nSPS) is 10.7. The van der Waals surface area contributed by atoms with Crippen molar-refractivity contribution in [3.8, 4) is 22.6 Å². The lowest BCUT2D eigenvalue weighted by molar-refractivity contribution is -0.128. The van der Waals surface area contributed by atoms with Gasteiger partial charge in [-0.25, -0.2) is 4.79 Å². The second-order valence-electron chi connectivity index (χ2n) is 6.00. The van der Waals surface area contributed by atoms with Gasteiger partial charge in [0.2, 0.25) is 0 Å². The molecular weight excluding hydrogens is 336 g/mol. The van der Waals surface area contributed by atoms with E-state index in [4.69, 9.17) is 9.47 Å². The van der Waals surface area contributed by atoms with Crippen molar-refractivity contribution >= 4 is 12.0 Å². The summed E-state index contributed by atoms with van der Waals surface area (Å²) in [5.74, 6) is 0.866. The summed E-state index contributed by atoms with van der Waals surface area (Å²) in [6, 6.07) is 25.0. The number of para-hydroxylation sites is 2. The van der Waals surface area contributed by atoms with E-state index in [0.29, 0.717) is 12.4 Å². The molecule has 3 aromatic carbocycles. The highest BCUT2D eigenvalue weighted by Crippen LogP contribution is 2.29. The maximum atomic E-state index is 12.3. The molecular formula is C24H22O3. The molecule has 0 heterocycles. The van der Waals surface area contributed by atoms with Gasteiger partial charge < -0.3 is 9.47 Å². The first-order valence-electron chi connectivity index (χ1n) is 9.04. The van der Waals surface area contributed by atoms with Crippen LogP contribution in [0, 0.1) is 0 Å². The maximum Gasteiger partial charge on any atom is 0.336 e. The van der Waals surface area contributed by atoms with Crippen LogP contribution in [0.5, 0.6) is 11.5 Å². The Morgan fingerprint density at radius 3 is 2.30 bits per heavy atom. The number of carbonyl (C=O) groups is 1. The van der Waals surface area contributed by atoms with Crippen LogP contribution in [0.15, 0.2) is 84.9 Å². The molecule has 0 saturated heterocycles. The van der Waals surface area contributed by atoms with Crippen LogP contribution in [0.2, 0.25) is 0 Å². The summed E-state index contributed by atoms with van der Waals surface area (Å²) in [5.41, 5.74) is 2.73. The van der Waals surface area contributed by atoms with E-state index in [1.54, 1.807) is 12.1 Å². The molecule has 0 aliphatic heterocycles. The number of ether oxygens (including phenoxy) is 2. The van der Waals surface area contributed by atoms with Gasteiger partial charge in [0, 0.05) is 17.2 Å². The number of hydrogen-bond donors (Lipinski definition) is 0. The van der Waals surface area contributed by atoms with Crippen LogP contribution in [0.4, 0.5) is 0 Å². The van der Waals surface area contributed by atoms with Crippen molar-refractivity contribution in [2.24, 2.45) is 0 Å². The van der Waals surface area contributed by atoms with E-state index in [9.17, 15) is 4.79 Å². The van der Waals surface area contributed by atoms with Gasteiger partial charge in [0.05, 0.1) is 6.61 Å². The fourth-order valence-electron chi connectivity index (χ4n) is 2.67. The van der Waals surface area contributed by atoms with Crippen LogP contribution in [0.3, 0.4) is 0 Å². The molecule has 3 heteroatoms. The van der Waals surface area contributed by atoms with Crippen LogP contribution in [0.1, 0.15) is 18.9 Å². The molecule has 0 bridgehead atoms. The third kappa shape index (κ3) is 5.08. The molecule has 0 aromatic heterocycles. The minimum Gasteiger partial charge on any atom is -0.493 e. The Bertz CT molecular complexity index is 914. The monoisotopic (exact) mass is 358 g/mol. The van der Waals surface area contributed by atoms with E-state index >= 15 is 0 Å². The Morgan fingerprint density at radius 1 is 0.852 bits per heavy atom. The summed E-state index contributed by atoms with van der Waals surface area (Å²) in [7, 11) is 0. The smallest absolute Gasteiger partial charge is 0.336 e. The summed E-state index contributed by atoms with van der Waals surface area (Å²) >= 11 is 0. The van der Waals surface area contributed by atoms with Crippen LogP contribution in [-0.4, -0.2) is 12.6 Å². The van der Waals surface area contributed by atoms with Crippen molar-refractivity contribution in [1.82, 2.24) is 0 Å². The number of esters is 1. The van der Waals surface area contributed by atoms with E-state index in [1.165, 1.54) is 6.08 Å². The van der Waals surface area contributed by atoms with Crippen molar-refractivity contribution < 1.29 is 14.3 Å². The van der Waals surface area contributed by atoms with Gasteiger partial charge in [-0.1, -0.05) is 73.7 Å². The predicted molar refractivity (Wildman–Crippen MR) is 109 cm³/mol. The lowest BCUT2D eigenvalue weighted by Crippen LogP contribution is -2.05. The first kappa shape index (κ1) is 18.5. The first-order chi connectivity index (χ1) is 13.3. The lowest BCUT2D eigenvalue weighted by atomic mass is 10.1. The maximum absolute atomic E-state index is 12.3. The second-order valence-corrected chi connectivity index (χ2v) is 6.00. The average Bonchev–Trinajstić information content (AvgIpc) is 2.72. The average molecular weight is 358 g/mol. The summed E-state index contributed by atoms with van der Waals surface area (Å²) < 4.78 is 11.3. The topological polar surface area (TPSA) is 35.5 Å². The predicted octanol–water partition coefficient (Wildman–Crippen LogP) is 5.76. The molecule has 0 N–H and O–H groups in total. The fourth-order valence-corrected chi connectivity index (χ4v) is 2.67. The highest BCUT2D eigenvalue weighted by atomic mass is 16.5. The van der Waals surface area contributed by atoms with Gasteiger partial charge in [0.1, 0.15) is 11.5 Å². The quantitative estimate of drug-likeness (QED) is 0.306. The summed E-state index contributed by atoms with van der Waals surface area (Å²) in [6.07, 6.45) is 4.07. The van der Waals surface area contributed by atoms with Gasteiger partial charge in [-0.05, 0) is 30.2 Å². The van der Waals surface area contributed by atoms with E-state index in [0.717, 1.165) is 28.9 Å². The van der Waals surface area contributed by atoms with Crippen molar-refractivity contribution in [1.29, 1.82) is 0 Å². The van der Waals surface area contributed by atoms with Gasteiger partial charge in [0.15, 0.2) is 0 Å². The third-order valence-corrected chi connectivity index (χ3v) is 3.96. The number of carbonyl (C=O) groups excluding carboxylic acids is 1. The highest BCUT2D eigenvalue weighted by molar-refractivity contribution is 5.90. The molecule has 0 radical (unpaired) electrons. The van der Waals surface area contributed by atoms with Crippen molar-refractivity contribution in [2.45, 2.75) is 13.3 Å².